The smallest absolute Gasteiger partial charge is 0.254 e. The van der Waals surface area contributed by atoms with Crippen LogP contribution in [0.1, 0.15) is 52.5 Å². The van der Waals surface area contributed by atoms with Gasteiger partial charge in [0.05, 0.1) is 17.0 Å². The Kier molecular flexibility index (Phi) is 8.20. The molecule has 0 radical (unpaired) electrons. The first-order chi connectivity index (χ1) is 18.9. The first-order valence-corrected chi connectivity index (χ1v) is 13.8. The van der Waals surface area contributed by atoms with Crippen LogP contribution in [0.4, 0.5) is 5.82 Å². The number of hydrogen-bond acceptors (Lipinski definition) is 7. The topological polar surface area (TPSA) is 91.5 Å². The molecule has 4 heterocycles. The zero-order valence-electron chi connectivity index (χ0n) is 23.2. The molecule has 39 heavy (non-hydrogen) atoms. The van der Waals surface area contributed by atoms with Crippen molar-refractivity contribution in [3.05, 3.63) is 70.8 Å². The van der Waals surface area contributed by atoms with Crippen LogP contribution in [-0.4, -0.2) is 87.9 Å². The van der Waals surface area contributed by atoms with Crippen molar-refractivity contribution >= 4 is 11.7 Å². The number of aromatic nitrogens is 3. The SMILES string of the molecule is CCc1ncnc(-c2ccc(C(=O)N3CCC(N4CCN(C)CC4)CC3)c(C)c2)c1C#Cc1ccc(N)nc1. The van der Waals surface area contributed by atoms with E-state index < -0.39 is 0 Å². The molecule has 202 valence electrons. The highest BCUT2D eigenvalue weighted by Gasteiger charge is 2.29. The molecule has 8 heteroatoms. The maximum Gasteiger partial charge on any atom is 0.254 e. The van der Waals surface area contributed by atoms with E-state index in [4.69, 9.17) is 5.73 Å². The Balaban J connectivity index is 1.33. The highest BCUT2D eigenvalue weighted by atomic mass is 16.2. The van der Waals surface area contributed by atoms with Crippen LogP contribution in [-0.2, 0) is 6.42 Å². The first-order valence-electron chi connectivity index (χ1n) is 13.8. The van der Waals surface area contributed by atoms with Gasteiger partial charge in [-0.3, -0.25) is 9.69 Å². The molecule has 0 atom stereocenters. The highest BCUT2D eigenvalue weighted by Crippen LogP contribution is 2.27. The van der Waals surface area contributed by atoms with E-state index in [9.17, 15) is 4.79 Å². The van der Waals surface area contributed by atoms with E-state index in [0.29, 0.717) is 11.9 Å². The van der Waals surface area contributed by atoms with Crippen LogP contribution in [0.25, 0.3) is 11.3 Å². The molecule has 5 rings (SSSR count). The van der Waals surface area contributed by atoms with Crippen LogP contribution in [0.5, 0.6) is 0 Å². The van der Waals surface area contributed by atoms with Gasteiger partial charge in [0.1, 0.15) is 12.1 Å². The zero-order valence-corrected chi connectivity index (χ0v) is 23.2. The van der Waals surface area contributed by atoms with E-state index in [1.165, 1.54) is 0 Å². The molecular formula is C31H37N7O. The van der Waals surface area contributed by atoms with Crippen molar-refractivity contribution in [1.29, 1.82) is 0 Å². The van der Waals surface area contributed by atoms with Crippen molar-refractivity contribution in [3.63, 3.8) is 0 Å². The zero-order chi connectivity index (χ0) is 27.4. The summed E-state index contributed by atoms with van der Waals surface area (Å²) in [5.41, 5.74) is 11.5. The molecule has 0 spiro atoms. The lowest BCUT2D eigenvalue weighted by Crippen LogP contribution is -2.53. The van der Waals surface area contributed by atoms with Gasteiger partial charge in [0.15, 0.2) is 0 Å². The Morgan fingerprint density at radius 1 is 1.00 bits per heavy atom. The number of anilines is 1. The Labute approximate surface area is 231 Å². The number of nitrogen functional groups attached to an aromatic ring is 1. The number of amides is 1. The van der Waals surface area contributed by atoms with Crippen molar-refractivity contribution in [1.82, 2.24) is 29.7 Å². The summed E-state index contributed by atoms with van der Waals surface area (Å²) in [6.07, 6.45) is 6.07. The van der Waals surface area contributed by atoms with E-state index in [-0.39, 0.29) is 5.91 Å². The lowest BCUT2D eigenvalue weighted by molar-refractivity contribution is 0.0518. The number of aryl methyl sites for hydroxylation is 2. The summed E-state index contributed by atoms with van der Waals surface area (Å²) in [5.74, 6) is 7.02. The van der Waals surface area contributed by atoms with E-state index in [2.05, 4.69) is 50.6 Å². The number of nitrogens with zero attached hydrogens (tertiary/aromatic N) is 6. The average Bonchev–Trinajstić information content (AvgIpc) is 2.97. The second-order valence-corrected chi connectivity index (χ2v) is 10.5. The number of pyridine rings is 1. The Morgan fingerprint density at radius 2 is 1.77 bits per heavy atom. The number of piperidine rings is 1. The Bertz CT molecular complexity index is 1380. The molecular weight excluding hydrogens is 486 g/mol. The lowest BCUT2D eigenvalue weighted by Gasteiger charge is -2.42. The minimum absolute atomic E-state index is 0.115. The fourth-order valence-corrected chi connectivity index (χ4v) is 5.50. The first kappa shape index (κ1) is 26.8. The van der Waals surface area contributed by atoms with Crippen LogP contribution in [0.15, 0.2) is 42.9 Å². The lowest BCUT2D eigenvalue weighted by atomic mass is 9.97. The molecule has 2 saturated heterocycles. The monoisotopic (exact) mass is 523 g/mol. The third kappa shape index (κ3) is 6.11. The van der Waals surface area contributed by atoms with Gasteiger partial charge in [0.2, 0.25) is 0 Å². The van der Waals surface area contributed by atoms with Gasteiger partial charge in [-0.1, -0.05) is 24.8 Å². The standard InChI is InChI=1S/C31H37N7O/c1-4-28-27(8-5-23-6-10-29(32)33-20-23)30(35-21-34-28)24-7-9-26(22(2)19-24)31(39)38-13-11-25(12-14-38)37-17-15-36(3)16-18-37/h6-7,9-10,19-21,25H,4,11-18H2,1-3H3,(H2,32,33). The van der Waals surface area contributed by atoms with Crippen molar-refractivity contribution in [2.45, 2.75) is 39.2 Å². The summed E-state index contributed by atoms with van der Waals surface area (Å²) in [4.78, 5) is 33.7. The molecule has 0 aliphatic carbocycles. The second-order valence-electron chi connectivity index (χ2n) is 10.5. The summed E-state index contributed by atoms with van der Waals surface area (Å²) < 4.78 is 0. The van der Waals surface area contributed by atoms with Crippen LogP contribution in [0, 0.1) is 18.8 Å². The van der Waals surface area contributed by atoms with Crippen molar-refractivity contribution in [3.8, 4) is 23.1 Å². The fraction of sp³-hybridized carbons (Fsp3) is 0.419. The van der Waals surface area contributed by atoms with E-state index in [1.807, 2.05) is 36.1 Å². The molecule has 3 aromatic rings. The molecule has 0 saturated carbocycles. The summed E-state index contributed by atoms with van der Waals surface area (Å²) >= 11 is 0. The highest BCUT2D eigenvalue weighted by molar-refractivity contribution is 5.96. The molecule has 1 amide bonds. The number of rotatable bonds is 4. The average molecular weight is 524 g/mol. The summed E-state index contributed by atoms with van der Waals surface area (Å²) in [7, 11) is 2.19. The number of benzene rings is 1. The number of likely N-dealkylation sites (N-methyl/N-ethyl adjacent to an activating group) is 1. The largest absolute Gasteiger partial charge is 0.384 e. The predicted octanol–water partition coefficient (Wildman–Crippen LogP) is 3.24. The molecule has 2 fully saturated rings. The van der Waals surface area contributed by atoms with Crippen LogP contribution >= 0.6 is 0 Å². The number of carbonyl (C=O) groups excluding carboxylic acids is 1. The van der Waals surface area contributed by atoms with Crippen LogP contribution in [0.2, 0.25) is 0 Å². The fourth-order valence-electron chi connectivity index (χ4n) is 5.50. The molecule has 0 unspecified atom stereocenters. The number of nitrogens with two attached hydrogens (primary N) is 1. The van der Waals surface area contributed by atoms with Crippen molar-refractivity contribution in [2.24, 2.45) is 0 Å². The molecule has 2 aliphatic rings. The number of carbonyl (C=O) groups is 1. The third-order valence-electron chi connectivity index (χ3n) is 7.92. The molecule has 0 bridgehead atoms. The van der Waals surface area contributed by atoms with Crippen molar-refractivity contribution in [2.75, 3.05) is 52.0 Å². The van der Waals surface area contributed by atoms with Gasteiger partial charge in [0.25, 0.3) is 5.91 Å². The van der Waals surface area contributed by atoms with Crippen molar-refractivity contribution < 1.29 is 4.79 Å². The summed E-state index contributed by atoms with van der Waals surface area (Å²) in [6.45, 7) is 10.2. The van der Waals surface area contributed by atoms with Crippen LogP contribution in [0.3, 0.4) is 0 Å². The number of piperazine rings is 1. The van der Waals surface area contributed by atoms with E-state index >= 15 is 0 Å². The molecule has 8 nitrogen and oxygen atoms in total. The Hall–Kier alpha value is -3.80. The minimum atomic E-state index is 0.115. The van der Waals surface area contributed by atoms with Crippen LogP contribution < -0.4 is 5.73 Å². The minimum Gasteiger partial charge on any atom is -0.384 e. The van der Waals surface area contributed by atoms with Gasteiger partial charge >= 0.3 is 0 Å². The summed E-state index contributed by atoms with van der Waals surface area (Å²) in [5, 5.41) is 0. The number of likely N-dealkylation sites (tertiary alicyclic amines) is 1. The second kappa shape index (κ2) is 11.9. The maximum absolute atomic E-state index is 13.5. The maximum atomic E-state index is 13.5. The normalized spacial score (nSPS) is 17.1. The molecule has 1 aromatic carbocycles. The molecule has 2 aromatic heterocycles. The van der Waals surface area contributed by atoms with Gasteiger partial charge in [-0.2, -0.15) is 0 Å². The number of hydrogen-bond donors (Lipinski definition) is 1. The quantitative estimate of drug-likeness (QED) is 0.525. The van der Waals surface area contributed by atoms with Gasteiger partial charge in [-0.15, -0.1) is 0 Å². The van der Waals surface area contributed by atoms with E-state index in [1.54, 1.807) is 18.6 Å². The van der Waals surface area contributed by atoms with Gasteiger partial charge < -0.3 is 15.5 Å². The predicted molar refractivity (Wildman–Crippen MR) is 154 cm³/mol. The Morgan fingerprint density at radius 3 is 2.44 bits per heavy atom. The van der Waals surface area contributed by atoms with Gasteiger partial charge in [-0.05, 0) is 63.1 Å². The third-order valence-corrected chi connectivity index (χ3v) is 7.92. The van der Waals surface area contributed by atoms with Gasteiger partial charge in [0, 0.05) is 68.2 Å². The molecule has 2 aliphatic heterocycles. The molecule has 2 N–H and O–H groups in total. The van der Waals surface area contributed by atoms with E-state index in [0.717, 1.165) is 97.7 Å². The summed E-state index contributed by atoms with van der Waals surface area (Å²) in [6, 6.07) is 10.1. The van der Waals surface area contributed by atoms with Gasteiger partial charge in [-0.25, -0.2) is 15.0 Å².